The molecule has 1 radical (unpaired) electrons. The van der Waals surface area contributed by atoms with Gasteiger partial charge in [-0.1, -0.05) is 18.2 Å². The van der Waals surface area contributed by atoms with Crippen molar-refractivity contribution in [1.82, 2.24) is 10.2 Å². The lowest BCUT2D eigenvalue weighted by Gasteiger charge is -2.12. The van der Waals surface area contributed by atoms with Gasteiger partial charge in [-0.25, -0.2) is 0 Å². The third-order valence-electron chi connectivity index (χ3n) is 2.66. The second-order valence-corrected chi connectivity index (χ2v) is 6.51. The minimum atomic E-state index is -0.754. The first-order chi connectivity index (χ1) is 9.16. The third kappa shape index (κ3) is 3.79. The van der Waals surface area contributed by atoms with Crippen LogP contribution < -0.4 is 4.43 Å². The molecule has 0 aliphatic carbocycles. The van der Waals surface area contributed by atoms with Crippen LogP contribution in [-0.2, 0) is 6.54 Å². The van der Waals surface area contributed by atoms with E-state index in [9.17, 15) is 0 Å². The molecule has 1 aromatic heterocycles. The molecule has 0 atom stereocenters. The Balaban J connectivity index is 2.13. The lowest BCUT2D eigenvalue weighted by atomic mass is 10.2. The van der Waals surface area contributed by atoms with Gasteiger partial charge in [-0.05, 0) is 32.2 Å². The van der Waals surface area contributed by atoms with Crippen LogP contribution in [0, 0.1) is 0 Å². The molecule has 2 aromatic rings. The maximum atomic E-state index is 5.88. The Morgan fingerprint density at radius 3 is 2.79 bits per heavy atom. The average Bonchev–Trinajstić information content (AvgIpc) is 2.90. The summed E-state index contributed by atoms with van der Waals surface area (Å²) in [4.78, 5) is 4.58. The van der Waals surface area contributed by atoms with Gasteiger partial charge in [-0.2, -0.15) is 5.10 Å². The number of aliphatic imine (C=N–C) groups is 1. The summed E-state index contributed by atoms with van der Waals surface area (Å²) in [5.41, 5.74) is 3.02. The van der Waals surface area contributed by atoms with Crippen molar-refractivity contribution in [3.8, 4) is 5.75 Å². The lowest BCUT2D eigenvalue weighted by Crippen LogP contribution is -2.12. The standard InChI is InChI=1S/C14H18N3OSi/c1-11(13-8-9-16-17-13)15-10-12-6-4-5-7-14(12)18-19(2)3/h4-9H,10H2,1-3H3,(H,16,17). The van der Waals surface area contributed by atoms with Gasteiger partial charge < -0.3 is 4.43 Å². The van der Waals surface area contributed by atoms with E-state index in [4.69, 9.17) is 4.43 Å². The maximum Gasteiger partial charge on any atom is 0.274 e. The zero-order valence-corrected chi connectivity index (χ0v) is 12.5. The van der Waals surface area contributed by atoms with Gasteiger partial charge in [0.2, 0.25) is 0 Å². The summed E-state index contributed by atoms with van der Waals surface area (Å²) in [6.07, 6.45) is 1.73. The summed E-state index contributed by atoms with van der Waals surface area (Å²) >= 11 is 0. The summed E-state index contributed by atoms with van der Waals surface area (Å²) in [5, 5.41) is 6.84. The van der Waals surface area contributed by atoms with Crippen LogP contribution in [0.15, 0.2) is 41.5 Å². The smallest absolute Gasteiger partial charge is 0.274 e. The number of rotatable bonds is 5. The van der Waals surface area contributed by atoms with Gasteiger partial charge >= 0.3 is 0 Å². The van der Waals surface area contributed by atoms with Crippen molar-refractivity contribution in [2.45, 2.75) is 26.6 Å². The Kier molecular flexibility index (Phi) is 4.51. The largest absolute Gasteiger partial charge is 0.542 e. The van der Waals surface area contributed by atoms with Crippen LogP contribution in [0.4, 0.5) is 0 Å². The molecule has 0 unspecified atom stereocenters. The second-order valence-electron chi connectivity index (χ2n) is 4.49. The SMILES string of the molecule is CC(=NCc1ccccc1O[Si](C)C)c1ccn[nH]1. The fourth-order valence-electron chi connectivity index (χ4n) is 1.70. The van der Waals surface area contributed by atoms with Crippen molar-refractivity contribution in [3.05, 3.63) is 47.8 Å². The van der Waals surface area contributed by atoms with Crippen LogP contribution in [0.2, 0.25) is 13.1 Å². The molecule has 0 aliphatic heterocycles. The molecule has 19 heavy (non-hydrogen) atoms. The van der Waals surface area contributed by atoms with Crippen LogP contribution in [-0.4, -0.2) is 24.9 Å². The number of hydrogen-bond acceptors (Lipinski definition) is 3. The number of nitrogens with zero attached hydrogens (tertiary/aromatic N) is 2. The first-order valence-corrected chi connectivity index (χ1v) is 8.64. The first-order valence-electron chi connectivity index (χ1n) is 6.23. The molecule has 99 valence electrons. The average molecular weight is 272 g/mol. The van der Waals surface area contributed by atoms with E-state index in [1.54, 1.807) is 6.20 Å². The Hall–Kier alpha value is -1.88. The predicted molar refractivity (Wildman–Crippen MR) is 79.1 cm³/mol. The summed E-state index contributed by atoms with van der Waals surface area (Å²) in [6.45, 7) is 6.85. The van der Waals surface area contributed by atoms with Crippen LogP contribution >= 0.6 is 0 Å². The quantitative estimate of drug-likeness (QED) is 0.672. The molecule has 4 nitrogen and oxygen atoms in total. The Labute approximate surface area is 115 Å². The molecule has 1 aromatic carbocycles. The van der Waals surface area contributed by atoms with Crippen molar-refractivity contribution >= 4 is 14.8 Å². The highest BCUT2D eigenvalue weighted by Crippen LogP contribution is 2.19. The van der Waals surface area contributed by atoms with Crippen LogP contribution in [0.1, 0.15) is 18.2 Å². The highest BCUT2D eigenvalue weighted by Gasteiger charge is 2.06. The van der Waals surface area contributed by atoms with Gasteiger partial charge in [0.25, 0.3) is 9.04 Å². The number of hydrogen-bond donors (Lipinski definition) is 1. The second kappa shape index (κ2) is 6.33. The van der Waals surface area contributed by atoms with Gasteiger partial charge in [0, 0.05) is 11.8 Å². The van der Waals surface area contributed by atoms with Gasteiger partial charge in [0.05, 0.1) is 18.0 Å². The molecule has 0 aliphatic rings. The van der Waals surface area contributed by atoms with Crippen LogP contribution in [0.3, 0.4) is 0 Å². The molecule has 0 saturated carbocycles. The molecular formula is C14H18N3OSi. The Bertz CT molecular complexity index is 550. The predicted octanol–water partition coefficient (Wildman–Crippen LogP) is 3.05. The molecule has 5 heteroatoms. The van der Waals surface area contributed by atoms with Gasteiger partial charge in [-0.15, -0.1) is 0 Å². The van der Waals surface area contributed by atoms with E-state index >= 15 is 0 Å². The van der Waals surface area contributed by atoms with E-state index in [-0.39, 0.29) is 0 Å². The van der Waals surface area contributed by atoms with Crippen LogP contribution in [0.5, 0.6) is 5.75 Å². The number of aromatic nitrogens is 2. The minimum absolute atomic E-state index is 0.621. The van der Waals surface area contributed by atoms with E-state index in [2.05, 4.69) is 34.4 Å². The summed E-state index contributed by atoms with van der Waals surface area (Å²) in [6, 6.07) is 9.99. The highest BCUT2D eigenvalue weighted by molar-refractivity contribution is 6.49. The topological polar surface area (TPSA) is 50.3 Å². The number of para-hydroxylation sites is 1. The third-order valence-corrected chi connectivity index (χ3v) is 3.29. The van der Waals surface area contributed by atoms with E-state index in [1.165, 1.54) is 0 Å². The molecule has 2 rings (SSSR count). The summed E-state index contributed by atoms with van der Waals surface area (Å²) < 4.78 is 5.88. The fraction of sp³-hybridized carbons (Fsp3) is 0.286. The molecule has 1 heterocycles. The molecule has 0 saturated heterocycles. The van der Waals surface area contributed by atoms with Crippen molar-refractivity contribution in [3.63, 3.8) is 0 Å². The van der Waals surface area contributed by atoms with Gasteiger partial charge in [-0.3, -0.25) is 10.1 Å². The molecular weight excluding hydrogens is 254 g/mol. The Morgan fingerprint density at radius 1 is 1.32 bits per heavy atom. The number of aromatic amines is 1. The molecule has 0 fully saturated rings. The molecule has 0 bridgehead atoms. The van der Waals surface area contributed by atoms with Crippen molar-refractivity contribution in [1.29, 1.82) is 0 Å². The lowest BCUT2D eigenvalue weighted by molar-refractivity contribution is 0.571. The number of benzene rings is 1. The van der Waals surface area contributed by atoms with Crippen molar-refractivity contribution in [2.75, 3.05) is 0 Å². The monoisotopic (exact) mass is 272 g/mol. The van der Waals surface area contributed by atoms with E-state index in [1.807, 2.05) is 31.2 Å². The normalized spacial score (nSPS) is 11.9. The zero-order valence-electron chi connectivity index (χ0n) is 11.5. The molecule has 1 N–H and O–H groups in total. The molecule has 0 amide bonds. The van der Waals surface area contributed by atoms with Crippen molar-refractivity contribution < 1.29 is 4.43 Å². The van der Waals surface area contributed by atoms with E-state index in [0.717, 1.165) is 22.7 Å². The summed E-state index contributed by atoms with van der Waals surface area (Å²) in [5.74, 6) is 0.947. The van der Waals surface area contributed by atoms with Gasteiger partial charge in [0.15, 0.2) is 0 Å². The van der Waals surface area contributed by atoms with Gasteiger partial charge in [0.1, 0.15) is 5.75 Å². The van der Waals surface area contributed by atoms with Crippen LogP contribution in [0.25, 0.3) is 0 Å². The van der Waals surface area contributed by atoms with Crippen molar-refractivity contribution in [2.24, 2.45) is 4.99 Å². The Morgan fingerprint density at radius 2 is 2.11 bits per heavy atom. The van der Waals surface area contributed by atoms with E-state index < -0.39 is 9.04 Å². The number of nitrogens with one attached hydrogen (secondary N) is 1. The van der Waals surface area contributed by atoms with E-state index in [0.29, 0.717) is 6.54 Å². The fourth-order valence-corrected chi connectivity index (χ4v) is 2.34. The highest BCUT2D eigenvalue weighted by atomic mass is 28.3. The first kappa shape index (κ1) is 13.5. The minimum Gasteiger partial charge on any atom is -0.542 e. The maximum absolute atomic E-state index is 5.88. The number of H-pyrrole nitrogens is 1. The molecule has 0 spiro atoms. The zero-order chi connectivity index (χ0) is 13.7. The summed E-state index contributed by atoms with van der Waals surface area (Å²) in [7, 11) is -0.754.